The molecule has 4 aromatic rings. The van der Waals surface area contributed by atoms with E-state index < -0.39 is 0 Å². The number of thiazole rings is 1. The number of rotatable bonds is 6. The van der Waals surface area contributed by atoms with Crippen molar-refractivity contribution >= 4 is 38.7 Å². The van der Waals surface area contributed by atoms with Crippen LogP contribution in [0.4, 0.5) is 5.82 Å². The van der Waals surface area contributed by atoms with E-state index in [-0.39, 0.29) is 6.04 Å². The molecule has 0 amide bonds. The Kier molecular flexibility index (Phi) is 5.39. The first-order valence-corrected chi connectivity index (χ1v) is 10.9. The smallest absolute Gasteiger partial charge is 0.146 e. The van der Waals surface area contributed by atoms with Crippen LogP contribution in [0.25, 0.3) is 21.3 Å². The van der Waals surface area contributed by atoms with Gasteiger partial charge in [-0.25, -0.2) is 15.0 Å². The zero-order valence-electron chi connectivity index (χ0n) is 16.4. The minimum atomic E-state index is 0.0764. The predicted molar refractivity (Wildman–Crippen MR) is 119 cm³/mol. The first kappa shape index (κ1) is 19.0. The van der Waals surface area contributed by atoms with Crippen molar-refractivity contribution in [2.24, 2.45) is 0 Å². The lowest BCUT2D eigenvalue weighted by molar-refractivity contribution is 0.391. The molecule has 4 rings (SSSR count). The maximum absolute atomic E-state index is 4.89. The molecule has 5 nitrogen and oxygen atoms in total. The van der Waals surface area contributed by atoms with Gasteiger partial charge in [0.15, 0.2) is 0 Å². The molecule has 1 N–H and O–H groups in total. The second-order valence-corrected chi connectivity index (χ2v) is 9.22. The van der Waals surface area contributed by atoms with Crippen LogP contribution in [0.2, 0.25) is 0 Å². The predicted octanol–water partition coefficient (Wildman–Crippen LogP) is 5.36. The van der Waals surface area contributed by atoms with Crippen LogP contribution in [0.1, 0.15) is 28.7 Å². The highest BCUT2D eigenvalue weighted by atomic mass is 32.1. The number of thiophene rings is 1. The molecule has 3 heterocycles. The monoisotopic (exact) mass is 409 g/mol. The third-order valence-corrected chi connectivity index (χ3v) is 6.35. The van der Waals surface area contributed by atoms with Gasteiger partial charge >= 0.3 is 0 Å². The second kappa shape index (κ2) is 7.95. The highest BCUT2D eigenvalue weighted by Gasteiger charge is 2.18. The number of nitrogens with zero attached hydrogens (tertiary/aromatic N) is 4. The van der Waals surface area contributed by atoms with Gasteiger partial charge in [-0.1, -0.05) is 30.3 Å². The van der Waals surface area contributed by atoms with Gasteiger partial charge in [0.1, 0.15) is 21.5 Å². The number of hydrogen-bond acceptors (Lipinski definition) is 7. The molecule has 0 aliphatic carbocycles. The molecule has 3 aromatic heterocycles. The molecule has 1 aromatic carbocycles. The highest BCUT2D eigenvalue weighted by Crippen LogP contribution is 2.38. The van der Waals surface area contributed by atoms with Crippen LogP contribution in [-0.2, 0) is 6.54 Å². The third kappa shape index (κ3) is 3.92. The SMILES string of the molecule is Cc1cnc(C(C)Nc2nc(CN(C)C)nc3scc(-c4ccccc4)c23)s1. The van der Waals surface area contributed by atoms with E-state index in [1.807, 2.05) is 26.4 Å². The number of nitrogens with one attached hydrogen (secondary N) is 1. The molecule has 144 valence electrons. The van der Waals surface area contributed by atoms with E-state index in [9.17, 15) is 0 Å². The molecule has 0 spiro atoms. The Balaban J connectivity index is 1.81. The first-order valence-electron chi connectivity index (χ1n) is 9.18. The zero-order valence-corrected chi connectivity index (χ0v) is 18.1. The van der Waals surface area contributed by atoms with Gasteiger partial charge in [-0.15, -0.1) is 22.7 Å². The van der Waals surface area contributed by atoms with E-state index in [4.69, 9.17) is 9.97 Å². The number of anilines is 1. The standard InChI is InChI=1S/C21H23N5S2/c1-13-10-22-20(28-13)14(2)23-19-18-16(15-8-6-5-7-9-15)12-27-21(18)25-17(24-19)11-26(3)4/h5-10,12,14H,11H2,1-4H3,(H,23,24,25). The lowest BCUT2D eigenvalue weighted by Crippen LogP contribution is -2.15. The van der Waals surface area contributed by atoms with Crippen LogP contribution in [0.15, 0.2) is 41.9 Å². The summed E-state index contributed by atoms with van der Waals surface area (Å²) in [6, 6.07) is 10.5. The van der Waals surface area contributed by atoms with E-state index >= 15 is 0 Å². The molecule has 28 heavy (non-hydrogen) atoms. The quantitative estimate of drug-likeness (QED) is 0.465. The topological polar surface area (TPSA) is 53.9 Å². The molecular weight excluding hydrogens is 386 g/mol. The van der Waals surface area contributed by atoms with Crippen molar-refractivity contribution in [2.75, 3.05) is 19.4 Å². The van der Waals surface area contributed by atoms with E-state index in [0.717, 1.165) is 26.9 Å². The average molecular weight is 410 g/mol. The average Bonchev–Trinajstić information content (AvgIpc) is 3.28. The number of hydrogen-bond donors (Lipinski definition) is 1. The molecular formula is C21H23N5S2. The van der Waals surface area contributed by atoms with Crippen molar-refractivity contribution in [3.8, 4) is 11.1 Å². The van der Waals surface area contributed by atoms with E-state index in [1.54, 1.807) is 22.7 Å². The molecule has 0 aliphatic rings. The van der Waals surface area contributed by atoms with Gasteiger partial charge in [-0.05, 0) is 33.5 Å². The van der Waals surface area contributed by atoms with Crippen molar-refractivity contribution in [1.29, 1.82) is 0 Å². The minimum absolute atomic E-state index is 0.0764. The summed E-state index contributed by atoms with van der Waals surface area (Å²) in [6.45, 7) is 4.92. The largest absolute Gasteiger partial charge is 0.360 e. The second-order valence-electron chi connectivity index (χ2n) is 7.10. The molecule has 1 unspecified atom stereocenters. The molecule has 0 saturated heterocycles. The molecule has 1 atom stereocenters. The van der Waals surface area contributed by atoms with Gasteiger partial charge in [0.05, 0.1) is 18.0 Å². The van der Waals surface area contributed by atoms with E-state index in [0.29, 0.717) is 6.54 Å². The number of aromatic nitrogens is 3. The molecule has 0 radical (unpaired) electrons. The van der Waals surface area contributed by atoms with Gasteiger partial charge < -0.3 is 10.2 Å². The van der Waals surface area contributed by atoms with Crippen molar-refractivity contribution in [2.45, 2.75) is 26.4 Å². The summed E-state index contributed by atoms with van der Waals surface area (Å²) in [5.74, 6) is 1.70. The highest BCUT2D eigenvalue weighted by molar-refractivity contribution is 7.17. The van der Waals surface area contributed by atoms with Crippen molar-refractivity contribution in [1.82, 2.24) is 19.9 Å². The lowest BCUT2D eigenvalue weighted by atomic mass is 10.1. The van der Waals surface area contributed by atoms with Gasteiger partial charge in [0.25, 0.3) is 0 Å². The van der Waals surface area contributed by atoms with E-state index in [1.165, 1.54) is 16.0 Å². The molecule has 0 saturated carbocycles. The van der Waals surface area contributed by atoms with Crippen LogP contribution in [0.5, 0.6) is 0 Å². The Morgan fingerprint density at radius 2 is 1.93 bits per heavy atom. The molecule has 0 fully saturated rings. The molecule has 7 heteroatoms. The normalized spacial score (nSPS) is 12.6. The van der Waals surface area contributed by atoms with Gasteiger partial charge in [0.2, 0.25) is 0 Å². The summed E-state index contributed by atoms with van der Waals surface area (Å²) in [5, 5.41) is 7.93. The number of benzene rings is 1. The summed E-state index contributed by atoms with van der Waals surface area (Å²) in [4.78, 5) is 18.6. The Morgan fingerprint density at radius 3 is 2.61 bits per heavy atom. The fraction of sp³-hybridized carbons (Fsp3) is 0.286. The summed E-state index contributed by atoms with van der Waals surface area (Å²) in [5.41, 5.74) is 2.35. The Hall–Kier alpha value is -2.35. The van der Waals surface area contributed by atoms with Crippen LogP contribution < -0.4 is 5.32 Å². The minimum Gasteiger partial charge on any atom is -0.360 e. The fourth-order valence-corrected chi connectivity index (χ4v) is 4.86. The lowest BCUT2D eigenvalue weighted by Gasteiger charge is -2.16. The fourth-order valence-electron chi connectivity index (χ4n) is 3.11. The third-order valence-electron chi connectivity index (χ3n) is 4.39. The summed E-state index contributed by atoms with van der Waals surface area (Å²) >= 11 is 3.38. The van der Waals surface area contributed by atoms with Crippen LogP contribution >= 0.6 is 22.7 Å². The summed E-state index contributed by atoms with van der Waals surface area (Å²) < 4.78 is 0. The molecule has 0 bridgehead atoms. The Morgan fingerprint density at radius 1 is 1.14 bits per heavy atom. The van der Waals surface area contributed by atoms with Crippen LogP contribution in [0, 0.1) is 6.92 Å². The van der Waals surface area contributed by atoms with Crippen molar-refractivity contribution < 1.29 is 0 Å². The van der Waals surface area contributed by atoms with Crippen LogP contribution in [0.3, 0.4) is 0 Å². The van der Waals surface area contributed by atoms with Crippen molar-refractivity contribution in [3.63, 3.8) is 0 Å². The van der Waals surface area contributed by atoms with Gasteiger partial charge in [0, 0.05) is 22.0 Å². The Labute approximate surface area is 173 Å². The van der Waals surface area contributed by atoms with E-state index in [2.05, 4.69) is 58.7 Å². The number of fused-ring (bicyclic) bond motifs is 1. The van der Waals surface area contributed by atoms with Crippen molar-refractivity contribution in [3.05, 3.63) is 57.6 Å². The Bertz CT molecular complexity index is 1080. The van der Waals surface area contributed by atoms with Gasteiger partial charge in [-0.2, -0.15) is 0 Å². The molecule has 0 aliphatic heterocycles. The maximum Gasteiger partial charge on any atom is 0.146 e. The summed E-state index contributed by atoms with van der Waals surface area (Å²) in [6.07, 6.45) is 1.92. The summed E-state index contributed by atoms with van der Waals surface area (Å²) in [7, 11) is 4.07. The zero-order chi connectivity index (χ0) is 19.7. The maximum atomic E-state index is 4.89. The first-order chi connectivity index (χ1) is 13.5. The number of aryl methyl sites for hydroxylation is 1. The van der Waals surface area contributed by atoms with Gasteiger partial charge in [-0.3, -0.25) is 0 Å². The van der Waals surface area contributed by atoms with Crippen LogP contribution in [-0.4, -0.2) is 33.9 Å².